The summed E-state index contributed by atoms with van der Waals surface area (Å²) in [5, 5.41) is 4.95. The van der Waals surface area contributed by atoms with Crippen LogP contribution in [0.5, 0.6) is 0 Å². The molecule has 0 bridgehead atoms. The number of nitrogens with one attached hydrogen (secondary N) is 2. The SMILES string of the molecule is NC(=O)NC(=O)CNCCN1CCCC1. The number of rotatable bonds is 5. The van der Waals surface area contributed by atoms with E-state index in [0.29, 0.717) is 0 Å². The lowest BCUT2D eigenvalue weighted by Gasteiger charge is -2.14. The van der Waals surface area contributed by atoms with Crippen molar-refractivity contribution >= 4 is 11.9 Å². The summed E-state index contributed by atoms with van der Waals surface area (Å²) < 4.78 is 0. The largest absolute Gasteiger partial charge is 0.351 e. The van der Waals surface area contributed by atoms with E-state index in [2.05, 4.69) is 10.2 Å². The first-order valence-corrected chi connectivity index (χ1v) is 5.21. The summed E-state index contributed by atoms with van der Waals surface area (Å²) in [6.07, 6.45) is 2.53. The average molecular weight is 214 g/mol. The fourth-order valence-electron chi connectivity index (χ4n) is 1.63. The second-order valence-corrected chi connectivity index (χ2v) is 3.64. The first-order valence-electron chi connectivity index (χ1n) is 5.21. The van der Waals surface area contributed by atoms with E-state index in [9.17, 15) is 9.59 Å². The van der Waals surface area contributed by atoms with Crippen LogP contribution in [0.2, 0.25) is 0 Å². The molecule has 0 atom stereocenters. The summed E-state index contributed by atoms with van der Waals surface area (Å²) in [4.78, 5) is 23.6. The molecule has 0 unspecified atom stereocenters. The maximum absolute atomic E-state index is 11.0. The van der Waals surface area contributed by atoms with Crippen LogP contribution in [0.15, 0.2) is 0 Å². The third-order valence-electron chi connectivity index (χ3n) is 2.35. The number of nitrogens with two attached hydrogens (primary N) is 1. The van der Waals surface area contributed by atoms with Crippen LogP contribution in [0.4, 0.5) is 4.79 Å². The first-order chi connectivity index (χ1) is 7.18. The highest BCUT2D eigenvalue weighted by molar-refractivity contribution is 5.94. The molecule has 6 heteroatoms. The molecule has 1 saturated heterocycles. The van der Waals surface area contributed by atoms with E-state index < -0.39 is 6.03 Å². The van der Waals surface area contributed by atoms with E-state index in [1.54, 1.807) is 0 Å². The molecule has 86 valence electrons. The van der Waals surface area contributed by atoms with Crippen LogP contribution in [0.1, 0.15) is 12.8 Å². The van der Waals surface area contributed by atoms with Crippen molar-refractivity contribution in [2.75, 3.05) is 32.7 Å². The maximum atomic E-state index is 11.0. The van der Waals surface area contributed by atoms with Crippen LogP contribution >= 0.6 is 0 Å². The molecule has 3 amide bonds. The molecule has 1 heterocycles. The van der Waals surface area contributed by atoms with Gasteiger partial charge in [0.15, 0.2) is 0 Å². The average Bonchev–Trinajstić information content (AvgIpc) is 2.63. The van der Waals surface area contributed by atoms with E-state index in [4.69, 9.17) is 5.73 Å². The zero-order chi connectivity index (χ0) is 11.1. The Morgan fingerprint density at radius 2 is 1.93 bits per heavy atom. The molecule has 6 nitrogen and oxygen atoms in total. The van der Waals surface area contributed by atoms with Crippen LogP contribution in [0.3, 0.4) is 0 Å². The Bertz CT molecular complexity index is 226. The summed E-state index contributed by atoms with van der Waals surface area (Å²) in [5.74, 6) is -0.385. The fraction of sp³-hybridized carbons (Fsp3) is 0.778. The van der Waals surface area contributed by atoms with Crippen LogP contribution in [-0.2, 0) is 4.79 Å². The molecule has 0 spiro atoms. The highest BCUT2D eigenvalue weighted by Crippen LogP contribution is 2.05. The number of amides is 3. The molecule has 1 aliphatic rings. The molecule has 1 fully saturated rings. The van der Waals surface area contributed by atoms with Crippen molar-refractivity contribution in [3.8, 4) is 0 Å². The van der Waals surface area contributed by atoms with Gasteiger partial charge in [0, 0.05) is 13.1 Å². The number of primary amides is 1. The minimum atomic E-state index is -0.804. The molecular weight excluding hydrogens is 196 g/mol. The minimum absolute atomic E-state index is 0.136. The van der Waals surface area contributed by atoms with Gasteiger partial charge in [-0.15, -0.1) is 0 Å². The third-order valence-corrected chi connectivity index (χ3v) is 2.35. The van der Waals surface area contributed by atoms with Crippen molar-refractivity contribution in [2.24, 2.45) is 5.73 Å². The number of hydrogen-bond donors (Lipinski definition) is 3. The Balaban J connectivity index is 1.96. The smallest absolute Gasteiger partial charge is 0.318 e. The Morgan fingerprint density at radius 1 is 1.27 bits per heavy atom. The molecule has 0 aliphatic carbocycles. The molecule has 1 rings (SSSR count). The number of imide groups is 1. The van der Waals surface area contributed by atoms with E-state index >= 15 is 0 Å². The van der Waals surface area contributed by atoms with Gasteiger partial charge in [0.2, 0.25) is 5.91 Å². The van der Waals surface area contributed by atoms with E-state index in [1.807, 2.05) is 5.32 Å². The van der Waals surface area contributed by atoms with Gasteiger partial charge in [-0.3, -0.25) is 10.1 Å². The van der Waals surface area contributed by atoms with Crippen LogP contribution < -0.4 is 16.4 Å². The fourth-order valence-corrected chi connectivity index (χ4v) is 1.63. The van der Waals surface area contributed by atoms with Gasteiger partial charge in [0.1, 0.15) is 0 Å². The molecular formula is C9H18N4O2. The molecule has 0 aromatic rings. The molecule has 15 heavy (non-hydrogen) atoms. The van der Waals surface area contributed by atoms with E-state index in [1.165, 1.54) is 12.8 Å². The quantitative estimate of drug-likeness (QED) is 0.505. The number of hydrogen-bond acceptors (Lipinski definition) is 4. The second-order valence-electron chi connectivity index (χ2n) is 3.64. The number of likely N-dealkylation sites (tertiary alicyclic amines) is 1. The summed E-state index contributed by atoms with van der Waals surface area (Å²) in [5.41, 5.74) is 4.79. The maximum Gasteiger partial charge on any atom is 0.318 e. The lowest BCUT2D eigenvalue weighted by Crippen LogP contribution is -2.42. The standard InChI is InChI=1S/C9H18N4O2/c10-9(15)12-8(14)7-11-3-6-13-4-1-2-5-13/h11H,1-7H2,(H3,10,12,14,15). The van der Waals surface area contributed by atoms with Crippen LogP contribution in [0, 0.1) is 0 Å². The zero-order valence-electron chi connectivity index (χ0n) is 8.79. The van der Waals surface area contributed by atoms with Crippen LogP contribution in [0.25, 0.3) is 0 Å². The van der Waals surface area contributed by atoms with Crippen molar-refractivity contribution in [3.05, 3.63) is 0 Å². The Hall–Kier alpha value is -1.14. The molecule has 0 radical (unpaired) electrons. The second kappa shape index (κ2) is 6.36. The lowest BCUT2D eigenvalue weighted by molar-refractivity contribution is -0.119. The monoisotopic (exact) mass is 214 g/mol. The van der Waals surface area contributed by atoms with Crippen molar-refractivity contribution in [1.82, 2.24) is 15.5 Å². The summed E-state index contributed by atoms with van der Waals surface area (Å²) in [6, 6.07) is -0.804. The van der Waals surface area contributed by atoms with Crippen molar-refractivity contribution in [3.63, 3.8) is 0 Å². The molecule has 4 N–H and O–H groups in total. The van der Waals surface area contributed by atoms with Gasteiger partial charge >= 0.3 is 6.03 Å². The van der Waals surface area contributed by atoms with E-state index in [-0.39, 0.29) is 12.5 Å². The van der Waals surface area contributed by atoms with Crippen molar-refractivity contribution < 1.29 is 9.59 Å². The van der Waals surface area contributed by atoms with Gasteiger partial charge in [0.25, 0.3) is 0 Å². The molecule has 0 aromatic carbocycles. The lowest BCUT2D eigenvalue weighted by atomic mass is 10.4. The molecule has 1 aliphatic heterocycles. The van der Waals surface area contributed by atoms with Gasteiger partial charge in [-0.2, -0.15) is 0 Å². The van der Waals surface area contributed by atoms with Gasteiger partial charge in [-0.05, 0) is 25.9 Å². The predicted octanol–water partition coefficient (Wildman–Crippen LogP) is -1.13. The number of carbonyl (C=O) groups is 2. The highest BCUT2D eigenvalue weighted by Gasteiger charge is 2.10. The minimum Gasteiger partial charge on any atom is -0.351 e. The predicted molar refractivity (Wildman–Crippen MR) is 56.3 cm³/mol. The number of urea groups is 1. The summed E-state index contributed by atoms with van der Waals surface area (Å²) >= 11 is 0. The topological polar surface area (TPSA) is 87.5 Å². The van der Waals surface area contributed by atoms with Crippen molar-refractivity contribution in [2.45, 2.75) is 12.8 Å². The third kappa shape index (κ3) is 5.34. The normalized spacial score (nSPS) is 16.5. The van der Waals surface area contributed by atoms with Gasteiger partial charge in [-0.1, -0.05) is 0 Å². The number of nitrogens with zero attached hydrogens (tertiary/aromatic N) is 1. The molecule has 0 aromatic heterocycles. The zero-order valence-corrected chi connectivity index (χ0v) is 8.79. The highest BCUT2D eigenvalue weighted by atomic mass is 16.2. The Labute approximate surface area is 89.2 Å². The van der Waals surface area contributed by atoms with Gasteiger partial charge < -0.3 is 16.0 Å². The number of carbonyl (C=O) groups excluding carboxylic acids is 2. The Morgan fingerprint density at radius 3 is 2.53 bits per heavy atom. The van der Waals surface area contributed by atoms with E-state index in [0.717, 1.165) is 26.2 Å². The summed E-state index contributed by atoms with van der Waals surface area (Å²) in [6.45, 7) is 4.14. The Kier molecular flexibility index (Phi) is 5.06. The summed E-state index contributed by atoms with van der Waals surface area (Å²) in [7, 11) is 0. The first kappa shape index (κ1) is 11.9. The van der Waals surface area contributed by atoms with Gasteiger partial charge in [0.05, 0.1) is 6.54 Å². The van der Waals surface area contributed by atoms with Crippen LogP contribution in [-0.4, -0.2) is 49.6 Å². The van der Waals surface area contributed by atoms with Crippen molar-refractivity contribution in [1.29, 1.82) is 0 Å². The molecule has 0 saturated carbocycles. The van der Waals surface area contributed by atoms with Gasteiger partial charge in [-0.25, -0.2) is 4.79 Å².